The van der Waals surface area contributed by atoms with Crippen LogP contribution in [0.3, 0.4) is 0 Å². The molecule has 2 aromatic rings. The monoisotopic (exact) mass is 396 g/mol. The quantitative estimate of drug-likeness (QED) is 0.685. The second-order valence-corrected chi connectivity index (χ2v) is 7.33. The number of rotatable bonds is 4. The fourth-order valence-electron chi connectivity index (χ4n) is 2.94. The van der Waals surface area contributed by atoms with Gasteiger partial charge in [0.15, 0.2) is 0 Å². The highest BCUT2D eigenvalue weighted by Gasteiger charge is 2.23. The Labute approximate surface area is 163 Å². The number of alkyl halides is 1. The zero-order valence-corrected chi connectivity index (χ0v) is 16.2. The summed E-state index contributed by atoms with van der Waals surface area (Å²) in [6.07, 6.45) is 0. The lowest BCUT2D eigenvalue weighted by Gasteiger charge is -2.31. The van der Waals surface area contributed by atoms with Crippen LogP contribution in [0.4, 0.5) is 5.69 Å². The molecule has 1 heterocycles. The van der Waals surface area contributed by atoms with Crippen molar-refractivity contribution in [2.45, 2.75) is 5.38 Å². The van der Waals surface area contributed by atoms with Crippen molar-refractivity contribution in [3.05, 3.63) is 63.6 Å². The number of halogens is 3. The number of aliphatic imine (C=N–C) groups is 1. The molecule has 3 nitrogen and oxygen atoms in total. The van der Waals surface area contributed by atoms with Gasteiger partial charge in [-0.2, -0.15) is 0 Å². The van der Waals surface area contributed by atoms with Crippen LogP contribution in [-0.2, 0) is 4.74 Å². The van der Waals surface area contributed by atoms with Crippen LogP contribution in [-0.4, -0.2) is 44.4 Å². The third kappa shape index (κ3) is 4.29. The molecule has 2 aromatic carbocycles. The fraction of sp³-hybridized carbons (Fsp3) is 0.316. The normalized spacial score (nSPS) is 17.5. The number of benzene rings is 2. The van der Waals surface area contributed by atoms with E-state index in [1.165, 1.54) is 0 Å². The first-order chi connectivity index (χ1) is 12.1. The van der Waals surface area contributed by atoms with Crippen LogP contribution in [0.2, 0.25) is 10.0 Å². The predicted molar refractivity (Wildman–Crippen MR) is 107 cm³/mol. The second kappa shape index (κ2) is 8.41. The summed E-state index contributed by atoms with van der Waals surface area (Å²) in [5.74, 6) is 0. The van der Waals surface area contributed by atoms with Gasteiger partial charge in [0.25, 0.3) is 0 Å². The maximum absolute atomic E-state index is 6.51. The molecule has 3 rings (SSSR count). The summed E-state index contributed by atoms with van der Waals surface area (Å²) < 4.78 is 5.26. The Hall–Kier alpha value is -1.26. The molecule has 1 aliphatic rings. The van der Waals surface area contributed by atoms with Crippen LogP contribution in [0.5, 0.6) is 0 Å². The molecule has 0 saturated heterocycles. The van der Waals surface area contributed by atoms with Crippen molar-refractivity contribution in [3.63, 3.8) is 0 Å². The van der Waals surface area contributed by atoms with Crippen LogP contribution in [0.1, 0.15) is 11.1 Å². The smallest absolute Gasteiger partial charge is 0.0755 e. The molecule has 0 aromatic heterocycles. The average molecular weight is 398 g/mol. The minimum atomic E-state index is -0.0989. The van der Waals surface area contributed by atoms with E-state index in [4.69, 9.17) is 44.5 Å². The highest BCUT2D eigenvalue weighted by Crippen LogP contribution is 2.31. The largest absolute Gasteiger partial charge is 0.383 e. The van der Waals surface area contributed by atoms with E-state index in [-0.39, 0.29) is 5.38 Å². The van der Waals surface area contributed by atoms with E-state index < -0.39 is 0 Å². The van der Waals surface area contributed by atoms with E-state index in [2.05, 4.69) is 4.90 Å². The van der Waals surface area contributed by atoms with E-state index >= 15 is 0 Å². The number of fused-ring (bicyclic) bond motifs is 1. The first-order valence-corrected chi connectivity index (χ1v) is 9.26. The summed E-state index contributed by atoms with van der Waals surface area (Å²) in [6, 6.07) is 13.5. The average Bonchev–Trinajstić information content (AvgIpc) is 2.59. The number of ether oxygens (including phenoxy) is 1. The van der Waals surface area contributed by atoms with Crippen molar-refractivity contribution in [2.75, 3.05) is 38.3 Å². The molecule has 0 bridgehead atoms. The highest BCUT2D eigenvalue weighted by atomic mass is 35.5. The van der Waals surface area contributed by atoms with Gasteiger partial charge in [0.2, 0.25) is 0 Å². The molecule has 0 fully saturated rings. The van der Waals surface area contributed by atoms with Crippen molar-refractivity contribution in [3.8, 4) is 0 Å². The first-order valence-electron chi connectivity index (χ1n) is 8.07. The van der Waals surface area contributed by atoms with Gasteiger partial charge in [-0.3, -0.25) is 4.99 Å². The lowest BCUT2D eigenvalue weighted by molar-refractivity contribution is 0.205. The minimum Gasteiger partial charge on any atom is -0.383 e. The van der Waals surface area contributed by atoms with Gasteiger partial charge in [-0.1, -0.05) is 41.4 Å². The summed E-state index contributed by atoms with van der Waals surface area (Å²) in [5.41, 5.74) is 3.69. The lowest BCUT2D eigenvalue weighted by atomic mass is 9.98. The topological polar surface area (TPSA) is 24.8 Å². The van der Waals surface area contributed by atoms with E-state index in [1.807, 2.05) is 42.5 Å². The van der Waals surface area contributed by atoms with Gasteiger partial charge in [-0.25, -0.2) is 0 Å². The van der Waals surface area contributed by atoms with Gasteiger partial charge in [0.1, 0.15) is 0 Å². The highest BCUT2D eigenvalue weighted by molar-refractivity contribution is 6.36. The molecule has 1 unspecified atom stereocenters. The molecule has 1 aliphatic heterocycles. The predicted octanol–water partition coefficient (Wildman–Crippen LogP) is 4.90. The SMILES string of the molecule is COCCN1CC(Cl)CN=C(c2ccccc2Cl)c2cc(Cl)ccc21. The number of hydrogen-bond donors (Lipinski definition) is 0. The molecule has 0 aliphatic carbocycles. The standard InChI is InChI=1S/C19H19Cl3N2O/c1-25-9-8-24-12-14(21)11-23-19(15-4-2-3-5-17(15)22)16-10-13(20)6-7-18(16)24/h2-7,10,14H,8-9,11-12H2,1H3. The van der Waals surface area contributed by atoms with E-state index in [9.17, 15) is 0 Å². The molecule has 6 heteroatoms. The van der Waals surface area contributed by atoms with E-state index in [1.54, 1.807) is 7.11 Å². The van der Waals surface area contributed by atoms with Gasteiger partial charge in [-0.05, 0) is 24.3 Å². The molecular formula is C19H19Cl3N2O. The van der Waals surface area contributed by atoms with Crippen LogP contribution >= 0.6 is 34.8 Å². The second-order valence-electron chi connectivity index (χ2n) is 5.87. The third-order valence-electron chi connectivity index (χ3n) is 4.11. The fourth-order valence-corrected chi connectivity index (χ4v) is 3.57. The van der Waals surface area contributed by atoms with E-state index in [0.29, 0.717) is 29.7 Å². The summed E-state index contributed by atoms with van der Waals surface area (Å²) in [5, 5.41) is 1.22. The Balaban J connectivity index is 2.15. The Kier molecular flexibility index (Phi) is 6.24. The first kappa shape index (κ1) is 18.5. The maximum atomic E-state index is 6.51. The molecular weight excluding hydrogens is 379 g/mol. The van der Waals surface area contributed by atoms with Crippen molar-refractivity contribution in [1.29, 1.82) is 0 Å². The van der Waals surface area contributed by atoms with Crippen molar-refractivity contribution < 1.29 is 4.74 Å². The third-order valence-corrected chi connectivity index (χ3v) is 4.96. The zero-order valence-electron chi connectivity index (χ0n) is 13.9. The van der Waals surface area contributed by atoms with Crippen LogP contribution in [0, 0.1) is 0 Å². The molecule has 0 saturated carbocycles. The number of nitrogens with zero attached hydrogens (tertiary/aromatic N) is 2. The number of methoxy groups -OCH3 is 1. The van der Waals surface area contributed by atoms with Gasteiger partial charge in [-0.15, -0.1) is 11.6 Å². The van der Waals surface area contributed by atoms with Gasteiger partial charge >= 0.3 is 0 Å². The Bertz CT molecular complexity index is 779. The molecule has 25 heavy (non-hydrogen) atoms. The van der Waals surface area contributed by atoms with Crippen molar-refractivity contribution >= 4 is 46.2 Å². The van der Waals surface area contributed by atoms with Gasteiger partial charge in [0, 0.05) is 47.1 Å². The summed E-state index contributed by atoms with van der Waals surface area (Å²) in [6.45, 7) is 2.56. The number of hydrogen-bond acceptors (Lipinski definition) is 3. The molecule has 0 radical (unpaired) electrons. The molecule has 0 amide bonds. The summed E-state index contributed by atoms with van der Waals surface area (Å²) >= 11 is 19.2. The minimum absolute atomic E-state index is 0.0989. The maximum Gasteiger partial charge on any atom is 0.0755 e. The van der Waals surface area contributed by atoms with Crippen molar-refractivity contribution in [1.82, 2.24) is 0 Å². The Morgan fingerprint density at radius 1 is 1.16 bits per heavy atom. The van der Waals surface area contributed by atoms with Gasteiger partial charge < -0.3 is 9.64 Å². The van der Waals surface area contributed by atoms with Gasteiger partial charge in [0.05, 0.1) is 24.2 Å². The van der Waals surface area contributed by atoms with Crippen molar-refractivity contribution in [2.24, 2.45) is 4.99 Å². The molecule has 0 N–H and O–H groups in total. The Morgan fingerprint density at radius 3 is 2.72 bits per heavy atom. The molecule has 132 valence electrons. The molecule has 1 atom stereocenters. The van der Waals surface area contributed by atoms with Crippen LogP contribution in [0.25, 0.3) is 0 Å². The molecule has 0 spiro atoms. The van der Waals surface area contributed by atoms with E-state index in [0.717, 1.165) is 29.1 Å². The number of anilines is 1. The van der Waals surface area contributed by atoms with Crippen LogP contribution < -0.4 is 4.90 Å². The lowest BCUT2D eigenvalue weighted by Crippen LogP contribution is -2.36. The summed E-state index contributed by atoms with van der Waals surface area (Å²) in [7, 11) is 1.70. The Morgan fingerprint density at radius 2 is 1.96 bits per heavy atom. The zero-order chi connectivity index (χ0) is 17.8. The van der Waals surface area contributed by atoms with Crippen LogP contribution in [0.15, 0.2) is 47.5 Å². The summed E-state index contributed by atoms with van der Waals surface area (Å²) in [4.78, 5) is 7.00.